The predicted molar refractivity (Wildman–Crippen MR) is 78.7 cm³/mol. The van der Waals surface area contributed by atoms with Gasteiger partial charge in [-0.2, -0.15) is 0 Å². The molecule has 100 valence electrons. The molecule has 18 heavy (non-hydrogen) atoms. The molecule has 0 saturated carbocycles. The molecule has 1 aromatic rings. The van der Waals surface area contributed by atoms with E-state index in [9.17, 15) is 0 Å². The van der Waals surface area contributed by atoms with Crippen molar-refractivity contribution in [2.75, 3.05) is 45.2 Å². The Balaban J connectivity index is 2.06. The fourth-order valence-corrected chi connectivity index (χ4v) is 2.64. The zero-order chi connectivity index (χ0) is 13.1. The van der Waals surface area contributed by atoms with Crippen molar-refractivity contribution < 1.29 is 0 Å². The van der Waals surface area contributed by atoms with Gasteiger partial charge in [0.2, 0.25) is 0 Å². The topological polar surface area (TPSA) is 18.5 Å². The second kappa shape index (κ2) is 5.91. The molecule has 3 nitrogen and oxygen atoms in total. The van der Waals surface area contributed by atoms with Crippen LogP contribution in [0.15, 0.2) is 18.2 Å². The van der Waals surface area contributed by atoms with E-state index in [1.54, 1.807) is 0 Å². The van der Waals surface area contributed by atoms with Crippen LogP contribution >= 0.6 is 11.6 Å². The first kappa shape index (κ1) is 13.7. The average molecular weight is 268 g/mol. The van der Waals surface area contributed by atoms with Gasteiger partial charge in [0.05, 0.1) is 0 Å². The van der Waals surface area contributed by atoms with E-state index in [0.29, 0.717) is 6.04 Å². The summed E-state index contributed by atoms with van der Waals surface area (Å²) in [5.41, 5.74) is 2.50. The molecule has 1 fully saturated rings. The summed E-state index contributed by atoms with van der Waals surface area (Å²) in [4.78, 5) is 4.72. The zero-order valence-electron chi connectivity index (χ0n) is 11.4. The van der Waals surface area contributed by atoms with Crippen molar-refractivity contribution in [2.45, 2.75) is 13.0 Å². The van der Waals surface area contributed by atoms with Crippen molar-refractivity contribution in [3.05, 3.63) is 28.8 Å². The Morgan fingerprint density at radius 3 is 3.00 bits per heavy atom. The molecule has 0 amide bonds. The lowest BCUT2D eigenvalue weighted by Gasteiger charge is -2.36. The van der Waals surface area contributed by atoms with Gasteiger partial charge >= 0.3 is 0 Å². The average Bonchev–Trinajstić information content (AvgIpc) is 2.35. The lowest BCUT2D eigenvalue weighted by molar-refractivity contribution is 0.204. The summed E-state index contributed by atoms with van der Waals surface area (Å²) in [5, 5.41) is 4.26. The molecule has 2 rings (SSSR count). The monoisotopic (exact) mass is 267 g/mol. The third-order valence-corrected chi connectivity index (χ3v) is 3.95. The minimum atomic E-state index is 0.558. The van der Waals surface area contributed by atoms with E-state index < -0.39 is 0 Å². The molecule has 1 atom stereocenters. The Morgan fingerprint density at radius 1 is 1.50 bits per heavy atom. The lowest BCUT2D eigenvalue weighted by atomic mass is 10.1. The van der Waals surface area contributed by atoms with Crippen LogP contribution < -0.4 is 10.2 Å². The maximum Gasteiger partial charge on any atom is 0.0426 e. The summed E-state index contributed by atoms with van der Waals surface area (Å²) in [7, 11) is 4.34. The van der Waals surface area contributed by atoms with Crippen molar-refractivity contribution in [3.63, 3.8) is 0 Å². The van der Waals surface area contributed by atoms with Crippen LogP contribution in [0.4, 0.5) is 5.69 Å². The van der Waals surface area contributed by atoms with Gasteiger partial charge in [-0.1, -0.05) is 17.7 Å². The molecule has 1 N–H and O–H groups in total. The van der Waals surface area contributed by atoms with Gasteiger partial charge in [-0.25, -0.2) is 0 Å². The Morgan fingerprint density at radius 2 is 2.28 bits per heavy atom. The van der Waals surface area contributed by atoms with E-state index in [4.69, 9.17) is 11.6 Å². The summed E-state index contributed by atoms with van der Waals surface area (Å²) in [5.74, 6) is 0. The van der Waals surface area contributed by atoms with E-state index in [2.05, 4.69) is 42.2 Å². The quantitative estimate of drug-likeness (QED) is 0.904. The highest BCUT2D eigenvalue weighted by molar-refractivity contribution is 6.30. The molecule has 1 unspecified atom stereocenters. The number of anilines is 1. The SMILES string of the molecule is Cc1ccc(Cl)cc1N(C)CC1CNCCN1C. The fourth-order valence-electron chi connectivity index (χ4n) is 2.47. The second-order valence-corrected chi connectivity index (χ2v) is 5.59. The van der Waals surface area contributed by atoms with Crippen LogP contribution in [-0.2, 0) is 0 Å². The van der Waals surface area contributed by atoms with E-state index in [1.807, 2.05) is 12.1 Å². The van der Waals surface area contributed by atoms with Crippen molar-refractivity contribution in [1.29, 1.82) is 0 Å². The van der Waals surface area contributed by atoms with E-state index in [0.717, 1.165) is 31.2 Å². The van der Waals surface area contributed by atoms with E-state index >= 15 is 0 Å². The van der Waals surface area contributed by atoms with Gasteiger partial charge in [0.25, 0.3) is 0 Å². The van der Waals surface area contributed by atoms with E-state index in [1.165, 1.54) is 11.3 Å². The molecular formula is C14H22ClN3. The maximum absolute atomic E-state index is 6.08. The summed E-state index contributed by atoms with van der Waals surface area (Å²) in [6.45, 7) is 6.41. The van der Waals surface area contributed by atoms with Gasteiger partial charge < -0.3 is 10.2 Å². The molecule has 1 aliphatic heterocycles. The molecule has 0 radical (unpaired) electrons. The summed E-state index contributed by atoms with van der Waals surface area (Å²) < 4.78 is 0. The standard InChI is InChI=1S/C14H22ClN3/c1-11-4-5-12(15)8-14(11)18(3)10-13-9-16-6-7-17(13)2/h4-5,8,13,16H,6-7,9-10H2,1-3H3. The number of aryl methyl sites for hydroxylation is 1. The van der Waals surface area contributed by atoms with Gasteiger partial charge in [-0.3, -0.25) is 4.90 Å². The van der Waals surface area contributed by atoms with Crippen LogP contribution in [0, 0.1) is 6.92 Å². The highest BCUT2D eigenvalue weighted by Gasteiger charge is 2.20. The van der Waals surface area contributed by atoms with Crippen LogP contribution in [0.5, 0.6) is 0 Å². The number of likely N-dealkylation sites (N-methyl/N-ethyl adjacent to an activating group) is 2. The third-order valence-electron chi connectivity index (χ3n) is 3.71. The molecule has 0 bridgehead atoms. The highest BCUT2D eigenvalue weighted by Crippen LogP contribution is 2.23. The molecule has 0 aliphatic carbocycles. The predicted octanol–water partition coefficient (Wildman–Crippen LogP) is 1.99. The van der Waals surface area contributed by atoms with Gasteiger partial charge in [-0.15, -0.1) is 0 Å². The minimum absolute atomic E-state index is 0.558. The molecule has 1 saturated heterocycles. The van der Waals surface area contributed by atoms with Gasteiger partial charge in [0.1, 0.15) is 0 Å². The van der Waals surface area contributed by atoms with Crippen LogP contribution in [-0.4, -0.2) is 51.2 Å². The minimum Gasteiger partial charge on any atom is -0.373 e. The molecular weight excluding hydrogens is 246 g/mol. The Labute approximate surface area is 115 Å². The van der Waals surface area contributed by atoms with Crippen LogP contribution in [0.3, 0.4) is 0 Å². The fraction of sp³-hybridized carbons (Fsp3) is 0.571. The lowest BCUT2D eigenvalue weighted by Crippen LogP contribution is -2.53. The number of piperazine rings is 1. The maximum atomic E-state index is 6.08. The van der Waals surface area contributed by atoms with Crippen LogP contribution in [0.2, 0.25) is 5.02 Å². The first-order valence-electron chi connectivity index (χ1n) is 6.46. The van der Waals surface area contributed by atoms with Gasteiger partial charge in [-0.05, 0) is 31.7 Å². The summed E-state index contributed by atoms with van der Waals surface area (Å²) in [6.07, 6.45) is 0. The molecule has 0 spiro atoms. The Bertz CT molecular complexity index is 408. The number of hydrogen-bond donors (Lipinski definition) is 1. The number of nitrogens with one attached hydrogen (secondary N) is 1. The van der Waals surface area contributed by atoms with Crippen molar-refractivity contribution in [2.24, 2.45) is 0 Å². The molecule has 4 heteroatoms. The molecule has 0 aromatic heterocycles. The molecule has 1 heterocycles. The number of rotatable bonds is 3. The largest absolute Gasteiger partial charge is 0.373 e. The van der Waals surface area contributed by atoms with Crippen molar-refractivity contribution in [3.8, 4) is 0 Å². The van der Waals surface area contributed by atoms with Crippen molar-refractivity contribution in [1.82, 2.24) is 10.2 Å². The molecule has 1 aromatic carbocycles. The summed E-state index contributed by atoms with van der Waals surface area (Å²) >= 11 is 6.08. The van der Waals surface area contributed by atoms with Crippen LogP contribution in [0.1, 0.15) is 5.56 Å². The first-order valence-corrected chi connectivity index (χ1v) is 6.84. The Hall–Kier alpha value is -0.770. The van der Waals surface area contributed by atoms with Crippen LogP contribution in [0.25, 0.3) is 0 Å². The number of halogens is 1. The number of hydrogen-bond acceptors (Lipinski definition) is 3. The van der Waals surface area contributed by atoms with Gasteiger partial charge in [0, 0.05) is 50.0 Å². The summed E-state index contributed by atoms with van der Waals surface area (Å²) in [6, 6.07) is 6.63. The zero-order valence-corrected chi connectivity index (χ0v) is 12.2. The number of nitrogens with zero attached hydrogens (tertiary/aromatic N) is 2. The number of benzene rings is 1. The second-order valence-electron chi connectivity index (χ2n) is 5.15. The molecule has 1 aliphatic rings. The normalized spacial score (nSPS) is 21.0. The highest BCUT2D eigenvalue weighted by atomic mass is 35.5. The first-order chi connectivity index (χ1) is 8.58. The van der Waals surface area contributed by atoms with Gasteiger partial charge in [0.15, 0.2) is 0 Å². The van der Waals surface area contributed by atoms with E-state index in [-0.39, 0.29) is 0 Å². The van der Waals surface area contributed by atoms with Crippen molar-refractivity contribution >= 4 is 17.3 Å². The third kappa shape index (κ3) is 3.16. The smallest absolute Gasteiger partial charge is 0.0426 e. The Kier molecular flexibility index (Phi) is 4.49.